The molecular formula is C18H18ClN5. The average molecular weight is 340 g/mol. The molecule has 24 heavy (non-hydrogen) atoms. The van der Waals surface area contributed by atoms with Crippen molar-refractivity contribution in [3.63, 3.8) is 0 Å². The van der Waals surface area contributed by atoms with Gasteiger partial charge in [0, 0.05) is 16.4 Å². The fourth-order valence-corrected chi connectivity index (χ4v) is 2.62. The molecular weight excluding hydrogens is 322 g/mol. The molecule has 1 aromatic heterocycles. The highest BCUT2D eigenvalue weighted by Crippen LogP contribution is 2.23. The van der Waals surface area contributed by atoms with Gasteiger partial charge >= 0.3 is 0 Å². The molecule has 6 heteroatoms. The van der Waals surface area contributed by atoms with Crippen molar-refractivity contribution in [2.45, 2.75) is 20.8 Å². The molecule has 2 aromatic carbocycles. The second-order valence-corrected chi connectivity index (χ2v) is 6.13. The zero-order chi connectivity index (χ0) is 17.1. The van der Waals surface area contributed by atoms with E-state index < -0.39 is 0 Å². The minimum absolute atomic E-state index is 0.426. The monoisotopic (exact) mass is 339 g/mol. The molecule has 0 saturated heterocycles. The summed E-state index contributed by atoms with van der Waals surface area (Å²) in [6, 6.07) is 11.8. The van der Waals surface area contributed by atoms with E-state index in [1.165, 1.54) is 5.56 Å². The second kappa shape index (κ2) is 6.84. The smallest absolute Gasteiger partial charge is 0.249 e. The number of hydrogen-bond acceptors (Lipinski definition) is 5. The first kappa shape index (κ1) is 16.2. The zero-order valence-electron chi connectivity index (χ0n) is 13.8. The van der Waals surface area contributed by atoms with Crippen LogP contribution in [0.4, 0.5) is 23.1 Å². The quantitative estimate of drug-likeness (QED) is 0.705. The summed E-state index contributed by atoms with van der Waals surface area (Å²) >= 11 is 5.98. The molecule has 0 amide bonds. The van der Waals surface area contributed by atoms with Gasteiger partial charge in [-0.3, -0.25) is 0 Å². The lowest BCUT2D eigenvalue weighted by atomic mass is 10.1. The Morgan fingerprint density at radius 1 is 0.875 bits per heavy atom. The van der Waals surface area contributed by atoms with E-state index in [9.17, 15) is 0 Å². The SMILES string of the molecule is Cc1ccc(Nc2cnnc(Nc3ccc(Cl)cc3C)n2)c(C)c1. The minimum Gasteiger partial charge on any atom is -0.339 e. The molecule has 2 N–H and O–H groups in total. The van der Waals surface area contributed by atoms with Crippen LogP contribution in [0.5, 0.6) is 0 Å². The Hall–Kier alpha value is -2.66. The van der Waals surface area contributed by atoms with Gasteiger partial charge in [-0.25, -0.2) is 0 Å². The first-order chi connectivity index (χ1) is 11.5. The van der Waals surface area contributed by atoms with Crippen molar-refractivity contribution in [2.24, 2.45) is 0 Å². The van der Waals surface area contributed by atoms with Crippen molar-refractivity contribution in [3.05, 3.63) is 64.3 Å². The maximum absolute atomic E-state index is 5.98. The second-order valence-electron chi connectivity index (χ2n) is 5.69. The summed E-state index contributed by atoms with van der Waals surface area (Å²) in [5.41, 5.74) is 5.27. The lowest BCUT2D eigenvalue weighted by Gasteiger charge is -2.11. The summed E-state index contributed by atoms with van der Waals surface area (Å²) in [7, 11) is 0. The van der Waals surface area contributed by atoms with E-state index in [0.29, 0.717) is 16.8 Å². The maximum Gasteiger partial charge on any atom is 0.249 e. The molecule has 5 nitrogen and oxygen atoms in total. The molecule has 0 atom stereocenters. The summed E-state index contributed by atoms with van der Waals surface area (Å²) in [4.78, 5) is 4.46. The van der Waals surface area contributed by atoms with Crippen molar-refractivity contribution < 1.29 is 0 Å². The Kier molecular flexibility index (Phi) is 4.62. The van der Waals surface area contributed by atoms with Crippen LogP contribution in [-0.2, 0) is 0 Å². The Morgan fingerprint density at radius 3 is 2.33 bits per heavy atom. The maximum atomic E-state index is 5.98. The number of nitrogens with one attached hydrogen (secondary N) is 2. The standard InChI is InChI=1S/C18H18ClN5/c1-11-4-6-15(12(2)8-11)21-17-10-20-24-18(23-17)22-16-7-5-14(19)9-13(16)3/h4-10H,1-3H3,(H2,21,22,23,24). The van der Waals surface area contributed by atoms with Crippen LogP contribution in [0.3, 0.4) is 0 Å². The number of anilines is 4. The summed E-state index contributed by atoms with van der Waals surface area (Å²) in [5, 5.41) is 15.2. The molecule has 122 valence electrons. The zero-order valence-corrected chi connectivity index (χ0v) is 14.5. The van der Waals surface area contributed by atoms with Crippen LogP contribution in [0, 0.1) is 20.8 Å². The van der Waals surface area contributed by atoms with Crippen molar-refractivity contribution >= 4 is 34.7 Å². The molecule has 1 heterocycles. The number of rotatable bonds is 4. The molecule has 0 spiro atoms. The molecule has 0 radical (unpaired) electrons. The molecule has 0 aliphatic rings. The van der Waals surface area contributed by atoms with Crippen LogP contribution in [0.15, 0.2) is 42.6 Å². The fourth-order valence-electron chi connectivity index (χ4n) is 2.40. The fraction of sp³-hybridized carbons (Fsp3) is 0.167. The highest BCUT2D eigenvalue weighted by atomic mass is 35.5. The predicted octanol–water partition coefficient (Wildman–Crippen LogP) is 4.94. The van der Waals surface area contributed by atoms with Crippen LogP contribution in [-0.4, -0.2) is 15.2 Å². The molecule has 0 unspecified atom stereocenters. The first-order valence-electron chi connectivity index (χ1n) is 7.58. The number of nitrogens with zero attached hydrogens (tertiary/aromatic N) is 3. The number of halogens is 1. The topological polar surface area (TPSA) is 62.7 Å². The van der Waals surface area contributed by atoms with Crippen LogP contribution < -0.4 is 10.6 Å². The highest BCUT2D eigenvalue weighted by molar-refractivity contribution is 6.30. The molecule has 0 saturated carbocycles. The van der Waals surface area contributed by atoms with E-state index in [2.05, 4.69) is 51.8 Å². The Morgan fingerprint density at radius 2 is 1.58 bits per heavy atom. The third-order valence-corrected chi connectivity index (χ3v) is 3.87. The Bertz CT molecular complexity index is 810. The summed E-state index contributed by atoms with van der Waals surface area (Å²) in [6.07, 6.45) is 1.60. The van der Waals surface area contributed by atoms with E-state index in [1.54, 1.807) is 6.20 Å². The van der Waals surface area contributed by atoms with Gasteiger partial charge in [0.05, 0.1) is 6.20 Å². The minimum atomic E-state index is 0.426. The van der Waals surface area contributed by atoms with Gasteiger partial charge in [0.2, 0.25) is 5.95 Å². The molecule has 0 fully saturated rings. The largest absolute Gasteiger partial charge is 0.339 e. The summed E-state index contributed by atoms with van der Waals surface area (Å²) in [6.45, 7) is 6.10. The number of aromatic nitrogens is 3. The molecule has 0 aliphatic carbocycles. The first-order valence-corrected chi connectivity index (χ1v) is 7.96. The molecule has 0 aliphatic heterocycles. The highest BCUT2D eigenvalue weighted by Gasteiger charge is 2.06. The van der Waals surface area contributed by atoms with Gasteiger partial charge in [0.25, 0.3) is 0 Å². The van der Waals surface area contributed by atoms with Crippen LogP contribution in [0.25, 0.3) is 0 Å². The van der Waals surface area contributed by atoms with E-state index in [0.717, 1.165) is 22.5 Å². The van der Waals surface area contributed by atoms with E-state index in [1.807, 2.05) is 31.2 Å². The van der Waals surface area contributed by atoms with Gasteiger partial charge in [-0.1, -0.05) is 29.3 Å². The van der Waals surface area contributed by atoms with Crippen LogP contribution >= 0.6 is 11.6 Å². The Labute approximate surface area is 146 Å². The normalized spacial score (nSPS) is 10.5. The third kappa shape index (κ3) is 3.81. The van der Waals surface area contributed by atoms with E-state index in [-0.39, 0.29) is 0 Å². The van der Waals surface area contributed by atoms with E-state index in [4.69, 9.17) is 11.6 Å². The number of hydrogen-bond donors (Lipinski definition) is 2. The third-order valence-electron chi connectivity index (χ3n) is 3.64. The molecule has 3 aromatic rings. The van der Waals surface area contributed by atoms with Gasteiger partial charge < -0.3 is 10.6 Å². The Balaban J connectivity index is 1.81. The van der Waals surface area contributed by atoms with Crippen LogP contribution in [0.1, 0.15) is 16.7 Å². The summed E-state index contributed by atoms with van der Waals surface area (Å²) in [5.74, 6) is 1.06. The number of benzene rings is 2. The van der Waals surface area contributed by atoms with Crippen molar-refractivity contribution in [3.8, 4) is 0 Å². The number of aryl methyl sites for hydroxylation is 3. The summed E-state index contributed by atoms with van der Waals surface area (Å²) < 4.78 is 0. The van der Waals surface area contributed by atoms with Crippen LogP contribution in [0.2, 0.25) is 5.02 Å². The van der Waals surface area contributed by atoms with Crippen molar-refractivity contribution in [1.29, 1.82) is 0 Å². The molecule has 3 rings (SSSR count). The van der Waals surface area contributed by atoms with Gasteiger partial charge in [0.1, 0.15) is 0 Å². The lowest BCUT2D eigenvalue weighted by Crippen LogP contribution is -2.03. The van der Waals surface area contributed by atoms with Crippen molar-refractivity contribution in [2.75, 3.05) is 10.6 Å². The van der Waals surface area contributed by atoms with Gasteiger partial charge in [-0.15, -0.1) is 5.10 Å². The average Bonchev–Trinajstić information content (AvgIpc) is 2.53. The van der Waals surface area contributed by atoms with Gasteiger partial charge in [0.15, 0.2) is 5.82 Å². The van der Waals surface area contributed by atoms with E-state index >= 15 is 0 Å². The molecule has 0 bridgehead atoms. The predicted molar refractivity (Wildman–Crippen MR) is 98.5 cm³/mol. The van der Waals surface area contributed by atoms with Gasteiger partial charge in [-0.2, -0.15) is 10.1 Å². The lowest BCUT2D eigenvalue weighted by molar-refractivity contribution is 0.981. The van der Waals surface area contributed by atoms with Gasteiger partial charge in [-0.05, 0) is 56.2 Å². The van der Waals surface area contributed by atoms with Crippen molar-refractivity contribution in [1.82, 2.24) is 15.2 Å².